The van der Waals surface area contributed by atoms with Crippen LogP contribution in [0.3, 0.4) is 0 Å². The minimum atomic E-state index is -0.364. The van der Waals surface area contributed by atoms with Crippen LogP contribution >= 0.6 is 0 Å². The molecule has 0 heterocycles. The smallest absolute Gasteiger partial charge is 0.248 e. The van der Waals surface area contributed by atoms with Crippen LogP contribution < -0.4 is 5.32 Å². The van der Waals surface area contributed by atoms with E-state index in [2.05, 4.69) is 5.32 Å². The lowest BCUT2D eigenvalue weighted by Gasteiger charge is -2.29. The van der Waals surface area contributed by atoms with Crippen molar-refractivity contribution in [3.05, 3.63) is 0 Å². The Morgan fingerprint density at radius 2 is 2.06 bits per heavy atom. The number of carbonyl (C=O) groups is 1. The minimum absolute atomic E-state index is 0.0175. The van der Waals surface area contributed by atoms with E-state index in [4.69, 9.17) is 9.84 Å². The summed E-state index contributed by atoms with van der Waals surface area (Å²) in [5, 5.41) is 11.9. The van der Waals surface area contributed by atoms with Gasteiger partial charge < -0.3 is 15.2 Å². The summed E-state index contributed by atoms with van der Waals surface area (Å²) in [5.41, 5.74) is 0. The molecule has 17 heavy (non-hydrogen) atoms. The molecule has 0 aromatic carbocycles. The Morgan fingerprint density at radius 1 is 1.41 bits per heavy atom. The van der Waals surface area contributed by atoms with Gasteiger partial charge in [-0.25, -0.2) is 0 Å². The van der Waals surface area contributed by atoms with Crippen LogP contribution in [0.1, 0.15) is 46.0 Å². The van der Waals surface area contributed by atoms with Crippen LogP contribution in [-0.4, -0.2) is 36.4 Å². The number of hydrogen-bond donors (Lipinski definition) is 2. The first-order valence-corrected chi connectivity index (χ1v) is 6.71. The van der Waals surface area contributed by atoms with Gasteiger partial charge in [-0.2, -0.15) is 0 Å². The van der Waals surface area contributed by atoms with E-state index in [1.165, 1.54) is 0 Å². The van der Waals surface area contributed by atoms with Crippen LogP contribution in [0.5, 0.6) is 0 Å². The van der Waals surface area contributed by atoms with E-state index < -0.39 is 0 Å². The van der Waals surface area contributed by atoms with Crippen LogP contribution in [-0.2, 0) is 9.53 Å². The van der Waals surface area contributed by atoms with Gasteiger partial charge in [0.25, 0.3) is 0 Å². The van der Waals surface area contributed by atoms with Gasteiger partial charge in [-0.3, -0.25) is 4.79 Å². The highest BCUT2D eigenvalue weighted by Gasteiger charge is 2.24. The molecule has 0 aromatic rings. The second-order valence-corrected chi connectivity index (χ2v) is 4.89. The topological polar surface area (TPSA) is 58.6 Å². The van der Waals surface area contributed by atoms with Gasteiger partial charge in [-0.15, -0.1) is 0 Å². The molecule has 0 spiro atoms. The molecule has 100 valence electrons. The maximum absolute atomic E-state index is 11.6. The fraction of sp³-hybridized carbons (Fsp3) is 0.923. The lowest BCUT2D eigenvalue weighted by atomic mass is 9.88. The number of rotatable bonds is 6. The summed E-state index contributed by atoms with van der Waals surface area (Å²) in [6, 6.07) is 0. The Hall–Kier alpha value is -0.610. The Kier molecular flexibility index (Phi) is 6.52. The molecule has 4 heteroatoms. The van der Waals surface area contributed by atoms with Crippen molar-refractivity contribution in [3.63, 3.8) is 0 Å². The predicted octanol–water partition coefficient (Wildman–Crippen LogP) is 1.47. The molecule has 4 nitrogen and oxygen atoms in total. The second-order valence-electron chi connectivity index (χ2n) is 4.89. The first-order chi connectivity index (χ1) is 8.17. The Morgan fingerprint density at radius 3 is 2.59 bits per heavy atom. The third-order valence-electron chi connectivity index (χ3n) is 3.37. The van der Waals surface area contributed by atoms with Crippen molar-refractivity contribution in [2.24, 2.45) is 5.92 Å². The number of aliphatic hydroxyl groups excluding tert-OH is 1. The molecular weight excluding hydrogens is 218 g/mol. The first-order valence-electron chi connectivity index (χ1n) is 6.71. The summed E-state index contributed by atoms with van der Waals surface area (Å²) in [4.78, 5) is 11.6. The molecule has 1 amide bonds. The first kappa shape index (κ1) is 14.5. The number of hydrogen-bond acceptors (Lipinski definition) is 3. The molecule has 0 radical (unpaired) electrons. The molecule has 1 aliphatic carbocycles. The molecule has 1 rings (SSSR count). The van der Waals surface area contributed by atoms with Crippen molar-refractivity contribution in [2.75, 3.05) is 13.2 Å². The average molecular weight is 243 g/mol. The zero-order valence-corrected chi connectivity index (χ0v) is 10.9. The zero-order valence-electron chi connectivity index (χ0n) is 10.9. The number of ether oxygens (including phenoxy) is 1. The fourth-order valence-corrected chi connectivity index (χ4v) is 2.19. The van der Waals surface area contributed by atoms with E-state index in [1.54, 1.807) is 0 Å². The summed E-state index contributed by atoms with van der Waals surface area (Å²) < 4.78 is 5.75. The van der Waals surface area contributed by atoms with Gasteiger partial charge in [0.1, 0.15) is 6.10 Å². The largest absolute Gasteiger partial charge is 0.396 e. The Balaban J connectivity index is 2.22. The van der Waals surface area contributed by atoms with Crippen LogP contribution in [0.4, 0.5) is 0 Å². The summed E-state index contributed by atoms with van der Waals surface area (Å²) in [6.07, 6.45) is 4.68. The molecule has 1 saturated carbocycles. The monoisotopic (exact) mass is 243 g/mol. The van der Waals surface area contributed by atoms with Crippen LogP contribution in [0.25, 0.3) is 0 Å². The number of carbonyl (C=O) groups excluding carboxylic acids is 1. The fourth-order valence-electron chi connectivity index (χ4n) is 2.19. The maximum atomic E-state index is 11.6. The van der Waals surface area contributed by atoms with Gasteiger partial charge in [0.15, 0.2) is 0 Å². The van der Waals surface area contributed by atoms with Gasteiger partial charge in [-0.05, 0) is 44.9 Å². The van der Waals surface area contributed by atoms with Gasteiger partial charge >= 0.3 is 0 Å². The lowest BCUT2D eigenvalue weighted by molar-refractivity contribution is -0.137. The van der Waals surface area contributed by atoms with E-state index in [0.29, 0.717) is 12.5 Å². The SMILES string of the molecule is CCCNC(=O)C(C)OC1CCC(CO)CC1. The van der Waals surface area contributed by atoms with Crippen molar-refractivity contribution >= 4 is 5.91 Å². The molecule has 0 aliphatic heterocycles. The summed E-state index contributed by atoms with van der Waals surface area (Å²) in [7, 11) is 0. The van der Waals surface area contributed by atoms with E-state index in [9.17, 15) is 4.79 Å². The summed E-state index contributed by atoms with van der Waals surface area (Å²) in [6.45, 7) is 4.83. The molecular formula is C13H25NO3. The average Bonchev–Trinajstić information content (AvgIpc) is 2.36. The highest BCUT2D eigenvalue weighted by molar-refractivity contribution is 5.80. The number of nitrogens with one attached hydrogen (secondary N) is 1. The number of amides is 1. The summed E-state index contributed by atoms with van der Waals surface area (Å²) >= 11 is 0. The molecule has 0 aromatic heterocycles. The van der Waals surface area contributed by atoms with Crippen molar-refractivity contribution in [3.8, 4) is 0 Å². The van der Waals surface area contributed by atoms with Crippen LogP contribution in [0.2, 0.25) is 0 Å². The van der Waals surface area contributed by atoms with Crippen molar-refractivity contribution in [1.82, 2.24) is 5.32 Å². The van der Waals surface area contributed by atoms with E-state index >= 15 is 0 Å². The van der Waals surface area contributed by atoms with E-state index in [1.807, 2.05) is 13.8 Å². The standard InChI is InChI=1S/C13H25NO3/c1-3-8-14-13(16)10(2)17-12-6-4-11(9-15)5-7-12/h10-12,15H,3-9H2,1-2H3,(H,14,16). The van der Waals surface area contributed by atoms with Crippen molar-refractivity contribution in [2.45, 2.75) is 58.2 Å². The van der Waals surface area contributed by atoms with Crippen molar-refractivity contribution in [1.29, 1.82) is 0 Å². The predicted molar refractivity (Wildman–Crippen MR) is 66.7 cm³/mol. The molecule has 2 N–H and O–H groups in total. The quantitative estimate of drug-likeness (QED) is 0.742. The second kappa shape index (κ2) is 7.67. The molecule has 1 atom stereocenters. The highest BCUT2D eigenvalue weighted by atomic mass is 16.5. The van der Waals surface area contributed by atoms with Crippen LogP contribution in [0, 0.1) is 5.92 Å². The maximum Gasteiger partial charge on any atom is 0.248 e. The molecule has 1 unspecified atom stereocenters. The third-order valence-corrected chi connectivity index (χ3v) is 3.37. The van der Waals surface area contributed by atoms with Crippen molar-refractivity contribution < 1.29 is 14.6 Å². The minimum Gasteiger partial charge on any atom is -0.396 e. The third kappa shape index (κ3) is 5.04. The van der Waals surface area contributed by atoms with Gasteiger partial charge in [0.2, 0.25) is 5.91 Å². The van der Waals surface area contributed by atoms with Gasteiger partial charge in [0.05, 0.1) is 6.10 Å². The molecule has 0 bridgehead atoms. The Bertz CT molecular complexity index is 225. The van der Waals surface area contributed by atoms with Gasteiger partial charge in [0, 0.05) is 13.2 Å². The summed E-state index contributed by atoms with van der Waals surface area (Å²) in [5.74, 6) is 0.412. The van der Waals surface area contributed by atoms with Crippen LogP contribution in [0.15, 0.2) is 0 Å². The Labute approximate surface area is 104 Å². The molecule has 0 saturated heterocycles. The molecule has 1 aliphatic rings. The molecule has 1 fully saturated rings. The zero-order chi connectivity index (χ0) is 12.7. The van der Waals surface area contributed by atoms with E-state index in [-0.39, 0.29) is 24.7 Å². The highest BCUT2D eigenvalue weighted by Crippen LogP contribution is 2.26. The van der Waals surface area contributed by atoms with Gasteiger partial charge in [-0.1, -0.05) is 6.92 Å². The normalized spacial score (nSPS) is 26.5. The lowest BCUT2D eigenvalue weighted by Crippen LogP contribution is -2.38. The number of aliphatic hydroxyl groups is 1. The van der Waals surface area contributed by atoms with E-state index in [0.717, 1.165) is 32.1 Å².